The van der Waals surface area contributed by atoms with E-state index in [-0.39, 0.29) is 12.7 Å². The van der Waals surface area contributed by atoms with Crippen LogP contribution in [0.25, 0.3) is 0 Å². The molecule has 0 aromatic heterocycles. The van der Waals surface area contributed by atoms with Crippen LogP contribution in [0.1, 0.15) is 6.92 Å². The minimum Gasteiger partial charge on any atom is -0.495 e. The van der Waals surface area contributed by atoms with Gasteiger partial charge in [-0.2, -0.15) is 0 Å². The maximum atomic E-state index is 8.57. The summed E-state index contributed by atoms with van der Waals surface area (Å²) in [6.07, 6.45) is 3.60. The summed E-state index contributed by atoms with van der Waals surface area (Å²) in [6.45, 7) is 2.14. The van der Waals surface area contributed by atoms with Crippen molar-refractivity contribution in [2.45, 2.75) is 13.0 Å². The third-order valence-corrected chi connectivity index (χ3v) is 1.40. The standard InChI is InChI=1S/C6H10O2/c1-5-2-3-8-6(5)4-7/h2-3,5-7H,4H2,1H3/t5-,6+/m0/s1. The maximum Gasteiger partial charge on any atom is 0.127 e. The molecule has 2 atom stereocenters. The number of hydrogen-bond donors (Lipinski definition) is 1. The molecule has 8 heavy (non-hydrogen) atoms. The lowest BCUT2D eigenvalue weighted by Gasteiger charge is -2.09. The SMILES string of the molecule is C[C@H]1C=CO[C@@H]1CO. The van der Waals surface area contributed by atoms with Crippen molar-refractivity contribution in [1.29, 1.82) is 0 Å². The van der Waals surface area contributed by atoms with Gasteiger partial charge in [0.2, 0.25) is 0 Å². The fourth-order valence-corrected chi connectivity index (χ4v) is 0.727. The summed E-state index contributed by atoms with van der Waals surface area (Å²) >= 11 is 0. The first-order valence-corrected chi connectivity index (χ1v) is 2.77. The molecule has 1 heterocycles. The molecule has 0 saturated carbocycles. The Labute approximate surface area is 48.8 Å². The van der Waals surface area contributed by atoms with Gasteiger partial charge in [0.15, 0.2) is 0 Å². The molecule has 0 amide bonds. The van der Waals surface area contributed by atoms with Crippen molar-refractivity contribution in [2.24, 2.45) is 5.92 Å². The Morgan fingerprint density at radius 1 is 1.75 bits per heavy atom. The zero-order valence-corrected chi connectivity index (χ0v) is 4.87. The molecule has 0 radical (unpaired) electrons. The third kappa shape index (κ3) is 0.842. The van der Waals surface area contributed by atoms with Gasteiger partial charge in [0.25, 0.3) is 0 Å². The lowest BCUT2D eigenvalue weighted by molar-refractivity contribution is 0.0731. The van der Waals surface area contributed by atoms with Gasteiger partial charge in [0, 0.05) is 5.92 Å². The van der Waals surface area contributed by atoms with Crippen LogP contribution in [0.4, 0.5) is 0 Å². The van der Waals surface area contributed by atoms with Crippen LogP contribution in [0, 0.1) is 5.92 Å². The van der Waals surface area contributed by atoms with Crippen molar-refractivity contribution < 1.29 is 9.84 Å². The van der Waals surface area contributed by atoms with Gasteiger partial charge in [-0.05, 0) is 6.08 Å². The highest BCUT2D eigenvalue weighted by atomic mass is 16.5. The lowest BCUT2D eigenvalue weighted by atomic mass is 10.1. The van der Waals surface area contributed by atoms with Crippen molar-refractivity contribution in [3.05, 3.63) is 12.3 Å². The average Bonchev–Trinajstić information content (AvgIpc) is 2.14. The fourth-order valence-electron chi connectivity index (χ4n) is 0.727. The van der Waals surface area contributed by atoms with E-state index in [0.717, 1.165) is 0 Å². The Bertz CT molecular complexity index is 98.7. The Hall–Kier alpha value is -0.500. The van der Waals surface area contributed by atoms with Crippen LogP contribution < -0.4 is 0 Å². The highest BCUT2D eigenvalue weighted by Crippen LogP contribution is 2.15. The Balaban J connectivity index is 2.38. The van der Waals surface area contributed by atoms with E-state index in [0.29, 0.717) is 5.92 Å². The third-order valence-electron chi connectivity index (χ3n) is 1.40. The zero-order valence-electron chi connectivity index (χ0n) is 4.87. The van der Waals surface area contributed by atoms with E-state index in [1.807, 2.05) is 13.0 Å². The van der Waals surface area contributed by atoms with Crippen molar-refractivity contribution in [3.8, 4) is 0 Å². The second kappa shape index (κ2) is 2.18. The summed E-state index contributed by atoms with van der Waals surface area (Å²) in [5.74, 6) is 0.375. The fraction of sp³-hybridized carbons (Fsp3) is 0.667. The van der Waals surface area contributed by atoms with Crippen LogP contribution in [-0.4, -0.2) is 17.8 Å². The molecule has 0 bridgehead atoms. The van der Waals surface area contributed by atoms with Crippen molar-refractivity contribution in [1.82, 2.24) is 0 Å². The molecule has 2 nitrogen and oxygen atoms in total. The normalized spacial score (nSPS) is 35.2. The Kier molecular flexibility index (Phi) is 1.53. The average molecular weight is 114 g/mol. The van der Waals surface area contributed by atoms with E-state index in [1.54, 1.807) is 6.26 Å². The summed E-state index contributed by atoms with van der Waals surface area (Å²) in [5, 5.41) is 8.57. The minimum atomic E-state index is 0.00926. The van der Waals surface area contributed by atoms with Gasteiger partial charge < -0.3 is 9.84 Å². The van der Waals surface area contributed by atoms with Crippen LogP contribution in [-0.2, 0) is 4.74 Å². The van der Waals surface area contributed by atoms with Gasteiger partial charge in [0.1, 0.15) is 6.10 Å². The number of aliphatic hydroxyl groups excluding tert-OH is 1. The molecule has 0 fully saturated rings. The van der Waals surface area contributed by atoms with Crippen LogP contribution >= 0.6 is 0 Å². The first kappa shape index (κ1) is 5.63. The monoisotopic (exact) mass is 114 g/mol. The quantitative estimate of drug-likeness (QED) is 0.538. The van der Waals surface area contributed by atoms with Crippen molar-refractivity contribution in [2.75, 3.05) is 6.61 Å². The topological polar surface area (TPSA) is 29.5 Å². The second-order valence-electron chi connectivity index (χ2n) is 2.04. The maximum absolute atomic E-state index is 8.57. The zero-order chi connectivity index (χ0) is 5.98. The Morgan fingerprint density at radius 3 is 2.75 bits per heavy atom. The van der Waals surface area contributed by atoms with E-state index in [9.17, 15) is 0 Å². The molecule has 0 unspecified atom stereocenters. The Morgan fingerprint density at radius 2 is 2.50 bits per heavy atom. The summed E-state index contributed by atoms with van der Waals surface area (Å²) in [5.41, 5.74) is 0. The number of hydrogen-bond acceptors (Lipinski definition) is 2. The molecule has 0 aromatic rings. The smallest absolute Gasteiger partial charge is 0.127 e. The van der Waals surface area contributed by atoms with Crippen LogP contribution in [0.2, 0.25) is 0 Å². The molecular weight excluding hydrogens is 104 g/mol. The van der Waals surface area contributed by atoms with E-state index in [2.05, 4.69) is 0 Å². The molecule has 1 aliphatic heterocycles. The molecule has 1 aliphatic rings. The van der Waals surface area contributed by atoms with Gasteiger partial charge in [-0.3, -0.25) is 0 Å². The van der Waals surface area contributed by atoms with Crippen LogP contribution in [0.5, 0.6) is 0 Å². The van der Waals surface area contributed by atoms with Crippen molar-refractivity contribution >= 4 is 0 Å². The van der Waals surface area contributed by atoms with Gasteiger partial charge >= 0.3 is 0 Å². The summed E-state index contributed by atoms with van der Waals surface area (Å²) < 4.78 is 4.98. The van der Waals surface area contributed by atoms with E-state index in [1.165, 1.54) is 0 Å². The van der Waals surface area contributed by atoms with Gasteiger partial charge in [-0.15, -0.1) is 0 Å². The summed E-state index contributed by atoms with van der Waals surface area (Å²) in [4.78, 5) is 0. The number of rotatable bonds is 1. The number of aliphatic hydroxyl groups is 1. The minimum absolute atomic E-state index is 0.00926. The molecular formula is C6H10O2. The van der Waals surface area contributed by atoms with Gasteiger partial charge in [0.05, 0.1) is 12.9 Å². The number of ether oxygens (including phenoxy) is 1. The van der Waals surface area contributed by atoms with E-state index >= 15 is 0 Å². The molecule has 0 aromatic carbocycles. The molecule has 46 valence electrons. The highest BCUT2D eigenvalue weighted by molar-refractivity contribution is 4.92. The van der Waals surface area contributed by atoms with E-state index < -0.39 is 0 Å². The van der Waals surface area contributed by atoms with Gasteiger partial charge in [-0.25, -0.2) is 0 Å². The lowest BCUT2D eigenvalue weighted by Crippen LogP contribution is -2.17. The van der Waals surface area contributed by atoms with Crippen LogP contribution in [0.15, 0.2) is 12.3 Å². The van der Waals surface area contributed by atoms with Crippen LogP contribution in [0.3, 0.4) is 0 Å². The molecule has 1 rings (SSSR count). The predicted octanol–water partition coefficient (Wildman–Crippen LogP) is 0.527. The summed E-state index contributed by atoms with van der Waals surface area (Å²) in [6, 6.07) is 0. The van der Waals surface area contributed by atoms with Crippen molar-refractivity contribution in [3.63, 3.8) is 0 Å². The molecule has 0 saturated heterocycles. The summed E-state index contributed by atoms with van der Waals surface area (Å²) in [7, 11) is 0. The first-order chi connectivity index (χ1) is 3.84. The van der Waals surface area contributed by atoms with Gasteiger partial charge in [-0.1, -0.05) is 6.92 Å². The van der Waals surface area contributed by atoms with E-state index in [4.69, 9.17) is 9.84 Å². The highest BCUT2D eigenvalue weighted by Gasteiger charge is 2.17. The molecule has 2 heteroatoms. The molecule has 0 aliphatic carbocycles. The molecule has 1 N–H and O–H groups in total. The largest absolute Gasteiger partial charge is 0.495 e. The molecule has 0 spiro atoms. The predicted molar refractivity (Wildman–Crippen MR) is 30.3 cm³/mol. The first-order valence-electron chi connectivity index (χ1n) is 2.77. The second-order valence-corrected chi connectivity index (χ2v) is 2.04.